The third-order valence-electron chi connectivity index (χ3n) is 3.12. The molecule has 5 heteroatoms. The van der Waals surface area contributed by atoms with E-state index in [0.717, 1.165) is 37.7 Å². The number of alkyl halides is 1. The van der Waals surface area contributed by atoms with Crippen molar-refractivity contribution in [1.82, 2.24) is 0 Å². The van der Waals surface area contributed by atoms with Gasteiger partial charge in [0.1, 0.15) is 0 Å². The quantitative estimate of drug-likeness (QED) is 0.407. The molecule has 1 aromatic carbocycles. The van der Waals surface area contributed by atoms with Gasteiger partial charge in [0.05, 0.1) is 18.6 Å². The zero-order valence-electron chi connectivity index (χ0n) is 12.0. The Hall–Kier alpha value is -1.55. The molecule has 0 aliphatic heterocycles. The zero-order chi connectivity index (χ0) is 15.5. The van der Waals surface area contributed by atoms with Crippen molar-refractivity contribution < 1.29 is 19.4 Å². The van der Waals surface area contributed by atoms with Crippen LogP contribution < -0.4 is 0 Å². The Kier molecular flexibility index (Phi) is 8.51. The second-order valence-corrected chi connectivity index (χ2v) is 5.20. The SMILES string of the molecule is O=C(CCCl)OCCCCCCc1ccc(C(=O)O)cc1. The second-order valence-electron chi connectivity index (χ2n) is 4.83. The van der Waals surface area contributed by atoms with E-state index in [-0.39, 0.29) is 12.4 Å². The minimum atomic E-state index is -0.898. The van der Waals surface area contributed by atoms with Crippen LogP contribution in [0.1, 0.15) is 48.0 Å². The summed E-state index contributed by atoms with van der Waals surface area (Å²) in [6, 6.07) is 6.98. The van der Waals surface area contributed by atoms with E-state index >= 15 is 0 Å². The van der Waals surface area contributed by atoms with Gasteiger partial charge in [-0.05, 0) is 37.0 Å². The van der Waals surface area contributed by atoms with E-state index in [4.69, 9.17) is 21.4 Å². The molecule has 0 aliphatic rings. The van der Waals surface area contributed by atoms with Gasteiger partial charge in [-0.1, -0.05) is 25.0 Å². The molecule has 0 radical (unpaired) electrons. The lowest BCUT2D eigenvalue weighted by atomic mass is 10.0. The average Bonchev–Trinajstić information content (AvgIpc) is 2.47. The molecule has 0 amide bonds. The first kappa shape index (κ1) is 17.5. The summed E-state index contributed by atoms with van der Waals surface area (Å²) in [5.74, 6) is -0.826. The fourth-order valence-electron chi connectivity index (χ4n) is 1.93. The number of halogens is 1. The highest BCUT2D eigenvalue weighted by atomic mass is 35.5. The Bertz CT molecular complexity index is 442. The summed E-state index contributed by atoms with van der Waals surface area (Å²) in [6.45, 7) is 0.461. The van der Waals surface area contributed by atoms with Crippen molar-refractivity contribution in [2.45, 2.75) is 38.5 Å². The monoisotopic (exact) mass is 312 g/mol. The number of carbonyl (C=O) groups excluding carboxylic acids is 1. The van der Waals surface area contributed by atoms with Gasteiger partial charge < -0.3 is 9.84 Å². The normalized spacial score (nSPS) is 10.3. The summed E-state index contributed by atoms with van der Waals surface area (Å²) in [5, 5.41) is 8.80. The van der Waals surface area contributed by atoms with Crippen molar-refractivity contribution in [3.63, 3.8) is 0 Å². The van der Waals surface area contributed by atoms with E-state index in [0.29, 0.717) is 18.1 Å². The van der Waals surface area contributed by atoms with Crippen LogP contribution >= 0.6 is 11.6 Å². The molecule has 0 saturated heterocycles. The predicted octanol–water partition coefficient (Wildman–Crippen LogP) is 3.66. The van der Waals surface area contributed by atoms with Crippen molar-refractivity contribution in [2.24, 2.45) is 0 Å². The number of carbonyl (C=O) groups is 2. The molecule has 0 atom stereocenters. The lowest BCUT2D eigenvalue weighted by Gasteiger charge is -2.04. The zero-order valence-corrected chi connectivity index (χ0v) is 12.8. The molecule has 0 spiro atoms. The van der Waals surface area contributed by atoms with E-state index < -0.39 is 5.97 Å². The fourth-order valence-corrected chi connectivity index (χ4v) is 2.09. The average molecular weight is 313 g/mol. The van der Waals surface area contributed by atoms with Gasteiger partial charge in [0.25, 0.3) is 0 Å². The van der Waals surface area contributed by atoms with Crippen LogP contribution in [0.2, 0.25) is 0 Å². The number of hydrogen-bond acceptors (Lipinski definition) is 3. The number of aryl methyl sites for hydroxylation is 1. The lowest BCUT2D eigenvalue weighted by Crippen LogP contribution is -2.06. The van der Waals surface area contributed by atoms with Gasteiger partial charge in [0.15, 0.2) is 0 Å². The molecule has 1 rings (SSSR count). The Labute approximate surface area is 130 Å². The molecular weight excluding hydrogens is 292 g/mol. The largest absolute Gasteiger partial charge is 0.478 e. The van der Waals surface area contributed by atoms with Gasteiger partial charge >= 0.3 is 11.9 Å². The Morgan fingerprint density at radius 2 is 1.71 bits per heavy atom. The number of benzene rings is 1. The van der Waals surface area contributed by atoms with Crippen LogP contribution in [-0.2, 0) is 16.0 Å². The number of carboxylic acid groups (broad SMARTS) is 1. The summed E-state index contributed by atoms with van der Waals surface area (Å²) in [7, 11) is 0. The number of rotatable bonds is 10. The molecule has 0 saturated carbocycles. The van der Waals surface area contributed by atoms with Crippen LogP contribution in [0.5, 0.6) is 0 Å². The molecule has 0 fully saturated rings. The van der Waals surface area contributed by atoms with Crippen LogP contribution in [-0.4, -0.2) is 29.5 Å². The van der Waals surface area contributed by atoms with Crippen molar-refractivity contribution in [2.75, 3.05) is 12.5 Å². The highest BCUT2D eigenvalue weighted by Crippen LogP contribution is 2.10. The third-order valence-corrected chi connectivity index (χ3v) is 3.31. The first-order chi connectivity index (χ1) is 10.1. The van der Waals surface area contributed by atoms with Crippen LogP contribution in [0.25, 0.3) is 0 Å². The van der Waals surface area contributed by atoms with Crippen molar-refractivity contribution in [1.29, 1.82) is 0 Å². The fraction of sp³-hybridized carbons (Fsp3) is 0.500. The molecule has 4 nitrogen and oxygen atoms in total. The van der Waals surface area contributed by atoms with Crippen molar-refractivity contribution in [3.05, 3.63) is 35.4 Å². The van der Waals surface area contributed by atoms with Crippen molar-refractivity contribution >= 4 is 23.5 Å². The van der Waals surface area contributed by atoms with Gasteiger partial charge in [0.2, 0.25) is 0 Å². The van der Waals surface area contributed by atoms with Crippen LogP contribution in [0.3, 0.4) is 0 Å². The first-order valence-corrected chi connectivity index (χ1v) is 7.70. The molecule has 0 heterocycles. The topological polar surface area (TPSA) is 63.6 Å². The molecule has 0 aromatic heterocycles. The van der Waals surface area contributed by atoms with E-state index in [1.165, 1.54) is 0 Å². The number of carboxylic acids is 1. The number of unbranched alkanes of at least 4 members (excludes halogenated alkanes) is 3. The standard InChI is InChI=1S/C16H21ClO4/c17-11-10-15(18)21-12-4-2-1-3-5-13-6-8-14(9-7-13)16(19)20/h6-9H,1-5,10-12H2,(H,19,20). The molecule has 116 valence electrons. The number of aromatic carboxylic acids is 1. The third kappa shape index (κ3) is 7.71. The van der Waals surface area contributed by atoms with Gasteiger partial charge in [-0.2, -0.15) is 0 Å². The summed E-state index contributed by atoms with van der Waals surface area (Å²) < 4.78 is 5.00. The maximum atomic E-state index is 11.0. The summed E-state index contributed by atoms with van der Waals surface area (Å²) >= 11 is 5.43. The molecule has 1 aromatic rings. The minimum absolute atomic E-state index is 0.233. The first-order valence-electron chi connectivity index (χ1n) is 7.17. The number of esters is 1. The lowest BCUT2D eigenvalue weighted by molar-refractivity contribution is -0.143. The highest BCUT2D eigenvalue weighted by Gasteiger charge is 2.02. The van der Waals surface area contributed by atoms with Gasteiger partial charge in [-0.25, -0.2) is 4.79 Å². The molecular formula is C16H21ClO4. The van der Waals surface area contributed by atoms with Crippen LogP contribution in [0.15, 0.2) is 24.3 Å². The van der Waals surface area contributed by atoms with E-state index in [1.54, 1.807) is 12.1 Å². The highest BCUT2D eigenvalue weighted by molar-refractivity contribution is 6.18. The summed E-state index contributed by atoms with van der Waals surface area (Å²) in [5.41, 5.74) is 1.46. The molecule has 0 bridgehead atoms. The second kappa shape index (κ2) is 10.2. The van der Waals surface area contributed by atoms with Gasteiger partial charge in [0, 0.05) is 5.88 Å². The predicted molar refractivity (Wildman–Crippen MR) is 81.9 cm³/mol. The van der Waals surface area contributed by atoms with E-state index in [1.807, 2.05) is 12.1 Å². The smallest absolute Gasteiger partial charge is 0.335 e. The Morgan fingerprint density at radius 3 is 2.33 bits per heavy atom. The maximum Gasteiger partial charge on any atom is 0.335 e. The molecule has 1 N–H and O–H groups in total. The number of ether oxygens (including phenoxy) is 1. The van der Waals surface area contributed by atoms with Crippen LogP contribution in [0.4, 0.5) is 0 Å². The minimum Gasteiger partial charge on any atom is -0.478 e. The molecule has 21 heavy (non-hydrogen) atoms. The summed E-state index contributed by atoms with van der Waals surface area (Å²) in [4.78, 5) is 21.8. The van der Waals surface area contributed by atoms with E-state index in [2.05, 4.69) is 0 Å². The molecule has 0 unspecified atom stereocenters. The van der Waals surface area contributed by atoms with Crippen LogP contribution in [0, 0.1) is 0 Å². The van der Waals surface area contributed by atoms with Gasteiger partial charge in [-0.3, -0.25) is 4.79 Å². The van der Waals surface area contributed by atoms with Gasteiger partial charge in [-0.15, -0.1) is 11.6 Å². The maximum absolute atomic E-state index is 11.0. The number of hydrogen-bond donors (Lipinski definition) is 1. The summed E-state index contributed by atoms with van der Waals surface area (Å²) in [6.07, 6.45) is 5.20. The molecule has 0 aliphatic carbocycles. The Balaban J connectivity index is 2.06. The van der Waals surface area contributed by atoms with Crippen molar-refractivity contribution in [3.8, 4) is 0 Å². The Morgan fingerprint density at radius 1 is 1.05 bits per heavy atom. The van der Waals surface area contributed by atoms with E-state index in [9.17, 15) is 9.59 Å².